The van der Waals surface area contributed by atoms with Crippen LogP contribution in [0.2, 0.25) is 0 Å². The van der Waals surface area contributed by atoms with Crippen LogP contribution in [0.1, 0.15) is 0 Å². The molecule has 0 aromatic carbocycles. The lowest BCUT2D eigenvalue weighted by molar-refractivity contribution is 1.22. The van der Waals surface area contributed by atoms with Gasteiger partial charge in [0.15, 0.2) is 0 Å². The summed E-state index contributed by atoms with van der Waals surface area (Å²) in [7, 11) is 0. The van der Waals surface area contributed by atoms with Gasteiger partial charge in [-0.1, -0.05) is 6.08 Å². The van der Waals surface area contributed by atoms with Crippen molar-refractivity contribution in [3.63, 3.8) is 0 Å². The zero-order chi connectivity index (χ0) is 6.81. The van der Waals surface area contributed by atoms with Gasteiger partial charge >= 0.3 is 0 Å². The first-order chi connectivity index (χ1) is 4.97. The van der Waals surface area contributed by atoms with Crippen molar-refractivity contribution in [2.24, 2.45) is 9.98 Å². The van der Waals surface area contributed by atoms with Gasteiger partial charge in [0.05, 0.1) is 10.9 Å². The second kappa shape index (κ2) is 2.42. The smallest absolute Gasteiger partial charge is 0.115 e. The standard InChI is InChI=1S/C7H6N2S/c1-2-6-7(10-3-1)4-8-5-9-6/h1-5,7H. The molecule has 3 heteroatoms. The maximum atomic E-state index is 4.12. The number of thioether (sulfide) groups is 1. The van der Waals surface area contributed by atoms with E-state index in [9.17, 15) is 0 Å². The number of rotatable bonds is 0. The Morgan fingerprint density at radius 1 is 1.50 bits per heavy atom. The Morgan fingerprint density at radius 2 is 2.50 bits per heavy atom. The molecule has 10 heavy (non-hydrogen) atoms. The van der Waals surface area contributed by atoms with Crippen LogP contribution in [0, 0.1) is 0 Å². The van der Waals surface area contributed by atoms with Crippen molar-refractivity contribution in [3.05, 3.63) is 23.3 Å². The normalized spacial score (nSPS) is 28.0. The molecular formula is C7H6N2S. The van der Waals surface area contributed by atoms with Crippen LogP contribution in [-0.4, -0.2) is 17.8 Å². The quantitative estimate of drug-likeness (QED) is 0.515. The predicted molar refractivity (Wildman–Crippen MR) is 45.6 cm³/mol. The molecule has 0 N–H and O–H groups in total. The van der Waals surface area contributed by atoms with Crippen molar-refractivity contribution < 1.29 is 0 Å². The van der Waals surface area contributed by atoms with E-state index in [1.54, 1.807) is 18.1 Å². The zero-order valence-electron chi connectivity index (χ0n) is 5.27. The second-order valence-corrected chi connectivity index (χ2v) is 3.07. The molecule has 0 bridgehead atoms. The predicted octanol–water partition coefficient (Wildman–Crippen LogP) is 1.61. The lowest BCUT2D eigenvalue weighted by atomic mass is 10.3. The van der Waals surface area contributed by atoms with Crippen LogP contribution in [0.15, 0.2) is 33.2 Å². The summed E-state index contributed by atoms with van der Waals surface area (Å²) in [6.45, 7) is 0. The van der Waals surface area contributed by atoms with E-state index in [4.69, 9.17) is 0 Å². The van der Waals surface area contributed by atoms with Crippen LogP contribution in [0.3, 0.4) is 0 Å². The molecule has 0 spiro atoms. The largest absolute Gasteiger partial charge is 0.248 e. The first-order valence-electron chi connectivity index (χ1n) is 3.05. The molecule has 0 aromatic heterocycles. The molecule has 0 fully saturated rings. The molecule has 1 unspecified atom stereocenters. The summed E-state index contributed by atoms with van der Waals surface area (Å²) < 4.78 is 0. The fraction of sp³-hybridized carbons (Fsp3) is 0.143. The molecule has 0 saturated heterocycles. The molecule has 0 aliphatic carbocycles. The number of allylic oxidation sites excluding steroid dienone is 2. The first kappa shape index (κ1) is 5.92. The summed E-state index contributed by atoms with van der Waals surface area (Å²) >= 11 is 1.74. The van der Waals surface area contributed by atoms with E-state index >= 15 is 0 Å². The average Bonchev–Trinajstić information content (AvgIpc) is 2.05. The van der Waals surface area contributed by atoms with E-state index in [1.165, 1.54) is 0 Å². The third-order valence-electron chi connectivity index (χ3n) is 1.36. The van der Waals surface area contributed by atoms with Gasteiger partial charge in [0.1, 0.15) is 6.34 Å². The summed E-state index contributed by atoms with van der Waals surface area (Å²) in [5.74, 6) is 0. The molecule has 2 heterocycles. The summed E-state index contributed by atoms with van der Waals surface area (Å²) in [5.41, 5.74) is 1.10. The lowest BCUT2D eigenvalue weighted by Crippen LogP contribution is -2.10. The Hall–Kier alpha value is -0.830. The van der Waals surface area contributed by atoms with Gasteiger partial charge in [-0.2, -0.15) is 0 Å². The fourth-order valence-corrected chi connectivity index (χ4v) is 1.64. The number of hydrogen-bond acceptors (Lipinski definition) is 3. The van der Waals surface area contributed by atoms with Crippen LogP contribution >= 0.6 is 11.8 Å². The molecule has 0 saturated carbocycles. The van der Waals surface area contributed by atoms with Gasteiger partial charge in [-0.15, -0.1) is 11.8 Å². The highest BCUT2D eigenvalue weighted by Crippen LogP contribution is 2.25. The van der Waals surface area contributed by atoms with E-state index in [2.05, 4.69) is 15.4 Å². The SMILES string of the molecule is C1=CSC2C=NC=NC2=C1. The van der Waals surface area contributed by atoms with Crippen molar-refractivity contribution in [3.8, 4) is 0 Å². The maximum absolute atomic E-state index is 4.12. The Kier molecular flexibility index (Phi) is 1.43. The molecular weight excluding hydrogens is 144 g/mol. The lowest BCUT2D eigenvalue weighted by Gasteiger charge is -2.14. The van der Waals surface area contributed by atoms with Crippen LogP contribution in [0.25, 0.3) is 0 Å². The van der Waals surface area contributed by atoms with Crippen molar-refractivity contribution in [2.75, 3.05) is 0 Å². The van der Waals surface area contributed by atoms with Crippen LogP contribution in [-0.2, 0) is 0 Å². The minimum atomic E-state index is 0.356. The summed E-state index contributed by atoms with van der Waals surface area (Å²) in [6, 6.07) is 0. The number of hydrogen-bond donors (Lipinski definition) is 0. The second-order valence-electron chi connectivity index (χ2n) is 2.02. The van der Waals surface area contributed by atoms with E-state index in [0.717, 1.165) is 5.70 Å². The molecule has 0 amide bonds. The van der Waals surface area contributed by atoms with Gasteiger partial charge < -0.3 is 0 Å². The monoisotopic (exact) mass is 150 g/mol. The highest BCUT2D eigenvalue weighted by atomic mass is 32.2. The first-order valence-corrected chi connectivity index (χ1v) is 3.99. The van der Waals surface area contributed by atoms with E-state index in [1.807, 2.05) is 18.4 Å². The molecule has 0 radical (unpaired) electrons. The van der Waals surface area contributed by atoms with E-state index in [0.29, 0.717) is 5.25 Å². The molecule has 2 aliphatic heterocycles. The highest BCUT2D eigenvalue weighted by molar-refractivity contribution is 8.03. The highest BCUT2D eigenvalue weighted by Gasteiger charge is 2.13. The molecule has 2 nitrogen and oxygen atoms in total. The Labute approximate surface area is 63.5 Å². The van der Waals surface area contributed by atoms with Crippen molar-refractivity contribution in [1.82, 2.24) is 0 Å². The average molecular weight is 150 g/mol. The van der Waals surface area contributed by atoms with Crippen LogP contribution < -0.4 is 0 Å². The molecule has 1 atom stereocenters. The Bertz CT molecular complexity index is 250. The molecule has 0 aromatic rings. The Morgan fingerprint density at radius 3 is 3.40 bits per heavy atom. The van der Waals surface area contributed by atoms with Crippen molar-refractivity contribution in [1.29, 1.82) is 0 Å². The summed E-state index contributed by atoms with van der Waals surface area (Å²) in [4.78, 5) is 8.07. The van der Waals surface area contributed by atoms with Crippen LogP contribution in [0.5, 0.6) is 0 Å². The van der Waals surface area contributed by atoms with Gasteiger partial charge in [-0.25, -0.2) is 9.98 Å². The van der Waals surface area contributed by atoms with Gasteiger partial charge in [0.2, 0.25) is 0 Å². The van der Waals surface area contributed by atoms with Crippen molar-refractivity contribution in [2.45, 2.75) is 5.25 Å². The zero-order valence-corrected chi connectivity index (χ0v) is 6.08. The van der Waals surface area contributed by atoms with Crippen molar-refractivity contribution >= 4 is 24.3 Å². The minimum Gasteiger partial charge on any atom is -0.248 e. The van der Waals surface area contributed by atoms with Gasteiger partial charge in [-0.05, 0) is 11.5 Å². The fourth-order valence-electron chi connectivity index (χ4n) is 0.877. The topological polar surface area (TPSA) is 24.7 Å². The summed E-state index contributed by atoms with van der Waals surface area (Å²) in [6.07, 6.45) is 7.52. The van der Waals surface area contributed by atoms with Gasteiger partial charge in [-0.3, -0.25) is 0 Å². The third kappa shape index (κ3) is 0.926. The Balaban J connectivity index is 2.34. The maximum Gasteiger partial charge on any atom is 0.115 e. The third-order valence-corrected chi connectivity index (χ3v) is 2.33. The van der Waals surface area contributed by atoms with Gasteiger partial charge in [0.25, 0.3) is 0 Å². The number of fused-ring (bicyclic) bond motifs is 1. The number of nitrogens with zero attached hydrogens (tertiary/aromatic N) is 2. The van der Waals surface area contributed by atoms with Crippen LogP contribution in [0.4, 0.5) is 0 Å². The number of aliphatic imine (C=N–C) groups is 2. The molecule has 50 valence electrons. The van der Waals surface area contributed by atoms with E-state index in [-0.39, 0.29) is 0 Å². The summed E-state index contributed by atoms with van der Waals surface area (Å²) in [5, 5.41) is 2.41. The van der Waals surface area contributed by atoms with E-state index < -0.39 is 0 Å². The minimum absolute atomic E-state index is 0.356. The molecule has 2 rings (SSSR count). The molecule has 2 aliphatic rings. The van der Waals surface area contributed by atoms with Gasteiger partial charge in [0, 0.05) is 6.21 Å².